The molecule has 1 N–H and O–H groups in total. The van der Waals surface area contributed by atoms with E-state index in [0.29, 0.717) is 6.42 Å². The molecule has 6 heteroatoms. The first-order valence-electron chi connectivity index (χ1n) is 9.54. The number of carbonyl (C=O) groups is 1. The van der Waals surface area contributed by atoms with Crippen LogP contribution in [0, 0.1) is 6.92 Å². The molecule has 4 rings (SSSR count). The Morgan fingerprint density at radius 2 is 2.00 bits per heavy atom. The number of aromatic nitrogens is 3. The van der Waals surface area contributed by atoms with E-state index < -0.39 is 0 Å². The molecule has 0 spiro atoms. The minimum Gasteiger partial charge on any atom is -0.339 e. The number of rotatable bonds is 5. The van der Waals surface area contributed by atoms with Gasteiger partial charge in [0.2, 0.25) is 5.91 Å². The molecular formula is C22H23N5O. The molecule has 0 aromatic carbocycles. The van der Waals surface area contributed by atoms with Gasteiger partial charge in [0.15, 0.2) is 0 Å². The summed E-state index contributed by atoms with van der Waals surface area (Å²) in [6, 6.07) is 13.6. The third kappa shape index (κ3) is 4.01. The van der Waals surface area contributed by atoms with Gasteiger partial charge >= 0.3 is 0 Å². The molecule has 3 aromatic heterocycles. The highest BCUT2D eigenvalue weighted by molar-refractivity contribution is 5.79. The van der Waals surface area contributed by atoms with Gasteiger partial charge in [-0.3, -0.25) is 14.8 Å². The molecule has 0 saturated carbocycles. The normalized spacial score (nSPS) is 16.2. The zero-order chi connectivity index (χ0) is 19.3. The van der Waals surface area contributed by atoms with E-state index >= 15 is 0 Å². The van der Waals surface area contributed by atoms with E-state index in [1.165, 1.54) is 0 Å². The summed E-state index contributed by atoms with van der Waals surface area (Å²) in [5, 5.41) is 3.29. The van der Waals surface area contributed by atoms with Crippen LogP contribution in [0.5, 0.6) is 0 Å². The van der Waals surface area contributed by atoms with Gasteiger partial charge in [-0.25, -0.2) is 4.98 Å². The monoisotopic (exact) mass is 373 g/mol. The Balaban J connectivity index is 1.45. The van der Waals surface area contributed by atoms with Crippen molar-refractivity contribution in [1.29, 1.82) is 0 Å². The second kappa shape index (κ2) is 8.17. The highest BCUT2D eigenvalue weighted by Gasteiger charge is 2.30. The lowest BCUT2D eigenvalue weighted by atomic mass is 10.1. The minimum atomic E-state index is 0.0295. The number of nitrogens with one attached hydrogen (secondary N) is 1. The van der Waals surface area contributed by atoms with Crippen LogP contribution in [0.1, 0.15) is 35.8 Å². The van der Waals surface area contributed by atoms with Gasteiger partial charge in [-0.2, -0.15) is 0 Å². The molecule has 1 fully saturated rings. The molecule has 0 bridgehead atoms. The van der Waals surface area contributed by atoms with Crippen LogP contribution in [0.3, 0.4) is 0 Å². The van der Waals surface area contributed by atoms with Crippen molar-refractivity contribution < 1.29 is 4.79 Å². The third-order valence-electron chi connectivity index (χ3n) is 5.03. The molecule has 1 atom stereocenters. The summed E-state index contributed by atoms with van der Waals surface area (Å²) >= 11 is 0. The van der Waals surface area contributed by atoms with Crippen molar-refractivity contribution in [2.45, 2.75) is 32.2 Å². The molecule has 4 heterocycles. The van der Waals surface area contributed by atoms with E-state index in [1.54, 1.807) is 12.4 Å². The Kier molecular flexibility index (Phi) is 5.28. The Morgan fingerprint density at radius 3 is 2.75 bits per heavy atom. The Bertz CT molecular complexity index is 943. The quantitative estimate of drug-likeness (QED) is 0.736. The first kappa shape index (κ1) is 18.1. The third-order valence-corrected chi connectivity index (χ3v) is 5.03. The van der Waals surface area contributed by atoms with Gasteiger partial charge in [0.05, 0.1) is 30.0 Å². The van der Waals surface area contributed by atoms with Gasteiger partial charge in [0.25, 0.3) is 0 Å². The Morgan fingerprint density at radius 1 is 1.11 bits per heavy atom. The second-order valence-electron chi connectivity index (χ2n) is 7.01. The fourth-order valence-electron chi connectivity index (χ4n) is 3.56. The van der Waals surface area contributed by atoms with E-state index in [0.717, 1.165) is 47.8 Å². The van der Waals surface area contributed by atoms with Gasteiger partial charge in [-0.15, -0.1) is 0 Å². The summed E-state index contributed by atoms with van der Waals surface area (Å²) in [5.41, 5.74) is 3.69. The summed E-state index contributed by atoms with van der Waals surface area (Å²) < 4.78 is 0. The van der Waals surface area contributed by atoms with Crippen molar-refractivity contribution >= 4 is 17.4 Å². The van der Waals surface area contributed by atoms with Crippen LogP contribution >= 0.6 is 0 Å². The first-order chi connectivity index (χ1) is 13.7. The zero-order valence-electron chi connectivity index (χ0n) is 15.9. The second-order valence-corrected chi connectivity index (χ2v) is 7.01. The minimum absolute atomic E-state index is 0.0295. The van der Waals surface area contributed by atoms with Crippen LogP contribution < -0.4 is 5.32 Å². The molecule has 28 heavy (non-hydrogen) atoms. The maximum atomic E-state index is 12.8. The van der Waals surface area contributed by atoms with Crippen molar-refractivity contribution in [3.8, 4) is 0 Å². The number of nitrogens with zero attached hydrogens (tertiary/aromatic N) is 4. The fourth-order valence-corrected chi connectivity index (χ4v) is 3.56. The zero-order valence-corrected chi connectivity index (χ0v) is 15.9. The van der Waals surface area contributed by atoms with Crippen molar-refractivity contribution in [3.63, 3.8) is 0 Å². The van der Waals surface area contributed by atoms with Crippen LogP contribution in [-0.2, 0) is 11.2 Å². The molecule has 1 aliphatic rings. The lowest BCUT2D eigenvalue weighted by Crippen LogP contribution is -2.32. The van der Waals surface area contributed by atoms with Crippen LogP contribution in [0.2, 0.25) is 0 Å². The lowest BCUT2D eigenvalue weighted by Gasteiger charge is -2.24. The van der Waals surface area contributed by atoms with Gasteiger partial charge in [-0.1, -0.05) is 12.1 Å². The number of anilines is 2. The van der Waals surface area contributed by atoms with E-state index in [9.17, 15) is 4.79 Å². The molecule has 0 radical (unpaired) electrons. The lowest BCUT2D eigenvalue weighted by molar-refractivity contribution is -0.131. The molecule has 1 unspecified atom stereocenters. The predicted molar refractivity (Wildman–Crippen MR) is 108 cm³/mol. The summed E-state index contributed by atoms with van der Waals surface area (Å²) in [6.07, 6.45) is 7.56. The van der Waals surface area contributed by atoms with Gasteiger partial charge < -0.3 is 10.2 Å². The largest absolute Gasteiger partial charge is 0.339 e. The Hall–Kier alpha value is -3.28. The topological polar surface area (TPSA) is 71.0 Å². The number of hydrogen-bond donors (Lipinski definition) is 1. The van der Waals surface area contributed by atoms with E-state index in [2.05, 4.69) is 20.3 Å². The molecule has 0 aliphatic carbocycles. The molecular weight excluding hydrogens is 350 g/mol. The van der Waals surface area contributed by atoms with E-state index in [-0.39, 0.29) is 11.9 Å². The molecule has 1 aliphatic heterocycles. The number of pyridine rings is 3. The average molecular weight is 373 g/mol. The van der Waals surface area contributed by atoms with E-state index in [4.69, 9.17) is 0 Å². The van der Waals surface area contributed by atoms with Crippen molar-refractivity contribution in [2.75, 3.05) is 11.9 Å². The number of hydrogen-bond acceptors (Lipinski definition) is 5. The average Bonchev–Trinajstić information content (AvgIpc) is 3.21. The fraction of sp³-hybridized carbons (Fsp3) is 0.273. The summed E-state index contributed by atoms with van der Waals surface area (Å²) in [7, 11) is 0. The molecule has 1 amide bonds. The number of amides is 1. The molecule has 142 valence electrons. The smallest absolute Gasteiger partial charge is 0.229 e. The van der Waals surface area contributed by atoms with Crippen LogP contribution in [-0.4, -0.2) is 32.3 Å². The van der Waals surface area contributed by atoms with Crippen molar-refractivity contribution in [3.05, 3.63) is 78.0 Å². The molecule has 6 nitrogen and oxygen atoms in total. The predicted octanol–water partition coefficient (Wildman–Crippen LogP) is 3.83. The maximum absolute atomic E-state index is 12.8. The van der Waals surface area contributed by atoms with Crippen molar-refractivity contribution in [1.82, 2.24) is 19.9 Å². The summed E-state index contributed by atoms with van der Waals surface area (Å²) in [5.74, 6) is 0.930. The highest BCUT2D eigenvalue weighted by atomic mass is 16.2. The van der Waals surface area contributed by atoms with E-state index in [1.807, 2.05) is 60.5 Å². The van der Waals surface area contributed by atoms with Gasteiger partial charge in [0, 0.05) is 24.6 Å². The molecule has 1 saturated heterocycles. The number of carbonyl (C=O) groups excluding carboxylic acids is 1. The first-order valence-corrected chi connectivity index (χ1v) is 9.54. The standard InChI is InChI=1S/C22H23N5O/c1-16-6-4-12-24-22(16)26-18-9-10-19(25-15-18)20-8-5-13-27(20)21(28)14-17-7-2-3-11-23-17/h2-4,6-7,9-12,15,20H,5,8,13-14H2,1H3,(H,24,26). The van der Waals surface area contributed by atoms with Crippen LogP contribution in [0.4, 0.5) is 11.5 Å². The van der Waals surface area contributed by atoms with Gasteiger partial charge in [0.1, 0.15) is 5.82 Å². The van der Waals surface area contributed by atoms with Crippen LogP contribution in [0.25, 0.3) is 0 Å². The van der Waals surface area contributed by atoms with Crippen LogP contribution in [0.15, 0.2) is 61.1 Å². The molecule has 3 aromatic rings. The van der Waals surface area contributed by atoms with Crippen molar-refractivity contribution in [2.24, 2.45) is 0 Å². The SMILES string of the molecule is Cc1cccnc1Nc1ccc(C2CCCN2C(=O)Cc2ccccn2)nc1. The Labute approximate surface area is 164 Å². The number of likely N-dealkylation sites (tertiary alicyclic amines) is 1. The summed E-state index contributed by atoms with van der Waals surface area (Å²) in [4.78, 5) is 28.0. The number of aryl methyl sites for hydroxylation is 1. The summed E-state index contributed by atoms with van der Waals surface area (Å²) in [6.45, 7) is 2.78. The van der Waals surface area contributed by atoms with Gasteiger partial charge in [-0.05, 0) is 55.7 Å². The maximum Gasteiger partial charge on any atom is 0.229 e. The highest BCUT2D eigenvalue weighted by Crippen LogP contribution is 2.32.